The number of halogens is 3. The molecular formula is C13H13Cl3N2O. The predicted molar refractivity (Wildman–Crippen MR) is 78.4 cm³/mol. The van der Waals surface area contributed by atoms with E-state index in [1.165, 1.54) is 0 Å². The topological polar surface area (TPSA) is 27.1 Å². The second kappa shape index (κ2) is 4.81. The number of nitrogens with zero attached hydrogens (tertiary/aromatic N) is 2. The number of aromatic nitrogens is 2. The van der Waals surface area contributed by atoms with Gasteiger partial charge in [-0.15, -0.1) is 11.6 Å². The Labute approximate surface area is 126 Å². The SMILES string of the molecule is CC1(n2c(CCl)nc3cc(Cl)c(Cl)cc32)CCOC1. The molecule has 0 radical (unpaired) electrons. The van der Waals surface area contributed by atoms with Crippen LogP contribution in [0.2, 0.25) is 10.0 Å². The van der Waals surface area contributed by atoms with E-state index < -0.39 is 0 Å². The molecule has 0 saturated carbocycles. The molecule has 1 aromatic carbocycles. The molecule has 2 heterocycles. The van der Waals surface area contributed by atoms with Crippen LogP contribution in [0.1, 0.15) is 19.2 Å². The molecule has 102 valence electrons. The molecule has 0 spiro atoms. The summed E-state index contributed by atoms with van der Waals surface area (Å²) < 4.78 is 7.68. The third-order valence-electron chi connectivity index (χ3n) is 3.62. The number of hydrogen-bond donors (Lipinski definition) is 0. The number of imidazole rings is 1. The molecule has 0 aliphatic carbocycles. The lowest BCUT2D eigenvalue weighted by molar-refractivity contribution is 0.162. The van der Waals surface area contributed by atoms with Crippen molar-refractivity contribution in [2.75, 3.05) is 13.2 Å². The van der Waals surface area contributed by atoms with Crippen LogP contribution in [0.3, 0.4) is 0 Å². The summed E-state index contributed by atoms with van der Waals surface area (Å²) in [6.07, 6.45) is 0.933. The minimum absolute atomic E-state index is 0.129. The number of fused-ring (bicyclic) bond motifs is 1. The highest BCUT2D eigenvalue weighted by molar-refractivity contribution is 6.42. The molecule has 3 rings (SSSR count). The van der Waals surface area contributed by atoms with Gasteiger partial charge in [0, 0.05) is 6.61 Å². The van der Waals surface area contributed by atoms with Crippen molar-refractivity contribution in [3.8, 4) is 0 Å². The summed E-state index contributed by atoms with van der Waals surface area (Å²) >= 11 is 18.2. The minimum atomic E-state index is -0.129. The van der Waals surface area contributed by atoms with Gasteiger partial charge in [0.1, 0.15) is 5.82 Å². The van der Waals surface area contributed by atoms with Gasteiger partial charge in [-0.3, -0.25) is 0 Å². The zero-order valence-corrected chi connectivity index (χ0v) is 12.7. The van der Waals surface area contributed by atoms with Crippen LogP contribution in [0.25, 0.3) is 11.0 Å². The number of benzene rings is 1. The standard InChI is InChI=1S/C13H13Cl3N2O/c1-13(2-3-19-7-13)18-11-5-9(16)8(15)4-10(11)17-12(18)6-14/h4-5H,2-3,6-7H2,1H3. The number of hydrogen-bond acceptors (Lipinski definition) is 2. The van der Waals surface area contributed by atoms with Crippen LogP contribution < -0.4 is 0 Å². The van der Waals surface area contributed by atoms with Crippen LogP contribution >= 0.6 is 34.8 Å². The number of ether oxygens (including phenoxy) is 1. The van der Waals surface area contributed by atoms with Gasteiger partial charge in [0.15, 0.2) is 0 Å². The molecule has 1 saturated heterocycles. The molecule has 1 aliphatic rings. The van der Waals surface area contributed by atoms with E-state index in [-0.39, 0.29) is 5.54 Å². The van der Waals surface area contributed by atoms with E-state index in [4.69, 9.17) is 39.5 Å². The van der Waals surface area contributed by atoms with E-state index >= 15 is 0 Å². The highest BCUT2D eigenvalue weighted by atomic mass is 35.5. The van der Waals surface area contributed by atoms with E-state index in [0.29, 0.717) is 22.5 Å². The fourth-order valence-electron chi connectivity index (χ4n) is 2.65. The average molecular weight is 320 g/mol. The van der Waals surface area contributed by atoms with Crippen molar-refractivity contribution in [3.63, 3.8) is 0 Å². The van der Waals surface area contributed by atoms with E-state index in [1.54, 1.807) is 6.07 Å². The van der Waals surface area contributed by atoms with Gasteiger partial charge < -0.3 is 9.30 Å². The molecule has 2 aromatic rings. The lowest BCUT2D eigenvalue weighted by Gasteiger charge is -2.26. The summed E-state index contributed by atoms with van der Waals surface area (Å²) in [5.74, 6) is 1.17. The molecule has 1 aliphatic heterocycles. The molecule has 3 nitrogen and oxygen atoms in total. The van der Waals surface area contributed by atoms with E-state index in [0.717, 1.165) is 29.9 Å². The second-order valence-electron chi connectivity index (χ2n) is 5.05. The largest absolute Gasteiger partial charge is 0.379 e. The van der Waals surface area contributed by atoms with Crippen molar-refractivity contribution in [2.24, 2.45) is 0 Å². The zero-order chi connectivity index (χ0) is 13.6. The van der Waals surface area contributed by atoms with Crippen LogP contribution in [0.15, 0.2) is 12.1 Å². The van der Waals surface area contributed by atoms with Crippen LogP contribution in [0.4, 0.5) is 0 Å². The van der Waals surface area contributed by atoms with Crippen molar-refractivity contribution in [1.29, 1.82) is 0 Å². The van der Waals surface area contributed by atoms with Crippen molar-refractivity contribution >= 4 is 45.8 Å². The van der Waals surface area contributed by atoms with E-state index in [9.17, 15) is 0 Å². The Morgan fingerprint density at radius 1 is 1.37 bits per heavy atom. The van der Waals surface area contributed by atoms with Crippen LogP contribution in [0, 0.1) is 0 Å². The highest BCUT2D eigenvalue weighted by Crippen LogP contribution is 2.35. The molecule has 0 bridgehead atoms. The molecule has 0 N–H and O–H groups in total. The maximum absolute atomic E-state index is 6.13. The highest BCUT2D eigenvalue weighted by Gasteiger charge is 2.35. The van der Waals surface area contributed by atoms with Crippen molar-refractivity contribution in [2.45, 2.75) is 24.8 Å². The molecule has 1 fully saturated rings. The zero-order valence-electron chi connectivity index (χ0n) is 10.4. The first-order valence-electron chi connectivity index (χ1n) is 6.06. The Hall–Kier alpha value is -0.480. The number of rotatable bonds is 2. The molecule has 0 amide bonds. The predicted octanol–water partition coefficient (Wildman–Crippen LogP) is 4.22. The molecule has 6 heteroatoms. The summed E-state index contributed by atoms with van der Waals surface area (Å²) in [5, 5.41) is 1.03. The van der Waals surface area contributed by atoms with Crippen molar-refractivity contribution in [1.82, 2.24) is 9.55 Å². The van der Waals surface area contributed by atoms with Gasteiger partial charge in [-0.25, -0.2) is 4.98 Å². The normalized spacial score (nSPS) is 23.4. The fourth-order valence-corrected chi connectivity index (χ4v) is 3.14. The Bertz CT molecular complexity index is 632. The van der Waals surface area contributed by atoms with E-state index in [2.05, 4.69) is 16.5 Å². The molecule has 1 unspecified atom stereocenters. The lowest BCUT2D eigenvalue weighted by atomic mass is 10.0. The maximum Gasteiger partial charge on any atom is 0.125 e. The van der Waals surface area contributed by atoms with Gasteiger partial charge >= 0.3 is 0 Å². The molecular weight excluding hydrogens is 307 g/mol. The third-order valence-corrected chi connectivity index (χ3v) is 4.58. The Kier molecular flexibility index (Phi) is 3.42. The van der Waals surface area contributed by atoms with Gasteiger partial charge in [0.25, 0.3) is 0 Å². The summed E-state index contributed by atoms with van der Waals surface area (Å²) in [7, 11) is 0. The van der Waals surface area contributed by atoms with Gasteiger partial charge in [0.05, 0.1) is 39.1 Å². The summed E-state index contributed by atoms with van der Waals surface area (Å²) in [6.45, 7) is 3.56. The minimum Gasteiger partial charge on any atom is -0.379 e. The van der Waals surface area contributed by atoms with Crippen LogP contribution in [-0.2, 0) is 16.2 Å². The smallest absolute Gasteiger partial charge is 0.125 e. The molecule has 1 atom stereocenters. The fraction of sp³-hybridized carbons (Fsp3) is 0.462. The van der Waals surface area contributed by atoms with Crippen LogP contribution in [0.5, 0.6) is 0 Å². The van der Waals surface area contributed by atoms with Gasteiger partial charge in [-0.1, -0.05) is 23.2 Å². The second-order valence-corrected chi connectivity index (χ2v) is 6.13. The quantitative estimate of drug-likeness (QED) is 0.775. The van der Waals surface area contributed by atoms with Crippen molar-refractivity contribution < 1.29 is 4.74 Å². The average Bonchev–Trinajstić information content (AvgIpc) is 2.94. The number of alkyl halides is 1. The Morgan fingerprint density at radius 2 is 2.11 bits per heavy atom. The van der Waals surface area contributed by atoms with Gasteiger partial charge in [-0.05, 0) is 25.5 Å². The summed E-state index contributed by atoms with van der Waals surface area (Å²) in [5.41, 5.74) is 1.65. The Morgan fingerprint density at radius 3 is 2.74 bits per heavy atom. The maximum atomic E-state index is 6.13. The third kappa shape index (κ3) is 2.13. The first-order valence-corrected chi connectivity index (χ1v) is 7.35. The lowest BCUT2D eigenvalue weighted by Crippen LogP contribution is -2.31. The summed E-state index contributed by atoms with van der Waals surface area (Å²) in [4.78, 5) is 4.56. The first-order chi connectivity index (χ1) is 9.05. The molecule has 19 heavy (non-hydrogen) atoms. The van der Waals surface area contributed by atoms with Crippen molar-refractivity contribution in [3.05, 3.63) is 28.0 Å². The summed E-state index contributed by atoms with van der Waals surface area (Å²) in [6, 6.07) is 3.64. The Balaban J connectivity index is 2.29. The monoisotopic (exact) mass is 318 g/mol. The first kappa shape index (κ1) is 13.5. The van der Waals surface area contributed by atoms with E-state index in [1.807, 2.05) is 6.07 Å². The van der Waals surface area contributed by atoms with Gasteiger partial charge in [0.2, 0.25) is 0 Å². The molecule has 1 aromatic heterocycles. The van der Waals surface area contributed by atoms with Crippen LogP contribution in [-0.4, -0.2) is 22.8 Å². The van der Waals surface area contributed by atoms with Gasteiger partial charge in [-0.2, -0.15) is 0 Å².